The fourth-order valence-electron chi connectivity index (χ4n) is 4.25. The van der Waals surface area contributed by atoms with Crippen LogP contribution in [0.2, 0.25) is 0 Å². The average molecular weight is 359 g/mol. The van der Waals surface area contributed by atoms with E-state index in [0.717, 1.165) is 52.0 Å². The molecule has 26 heavy (non-hydrogen) atoms. The molecule has 2 aliphatic rings. The second-order valence-corrected chi connectivity index (χ2v) is 7.98. The van der Waals surface area contributed by atoms with Gasteiger partial charge in [0.25, 0.3) is 0 Å². The monoisotopic (exact) mass is 358 g/mol. The van der Waals surface area contributed by atoms with Gasteiger partial charge in [0.05, 0.1) is 6.10 Å². The molecule has 1 aromatic rings. The molecule has 0 radical (unpaired) electrons. The molecule has 2 heterocycles. The fourth-order valence-corrected chi connectivity index (χ4v) is 4.25. The number of piperidine rings is 1. The largest absolute Gasteiger partial charge is 0.376 e. The molecule has 1 N–H and O–H groups in total. The van der Waals surface area contributed by atoms with Crippen LogP contribution in [0.25, 0.3) is 0 Å². The summed E-state index contributed by atoms with van der Waals surface area (Å²) in [6, 6.07) is 10.6. The maximum Gasteiger partial charge on any atom is 0.222 e. The Balaban J connectivity index is 1.32. The molecule has 2 saturated heterocycles. The van der Waals surface area contributed by atoms with Gasteiger partial charge in [-0.2, -0.15) is 0 Å². The van der Waals surface area contributed by atoms with Crippen molar-refractivity contribution in [3.63, 3.8) is 0 Å². The molecule has 2 unspecified atom stereocenters. The number of hydrogen-bond acceptors (Lipinski definition) is 3. The number of hydrogen-bond donors (Lipinski definition) is 1. The Morgan fingerprint density at radius 2 is 2.00 bits per heavy atom. The van der Waals surface area contributed by atoms with Crippen LogP contribution in [0.5, 0.6) is 0 Å². The Bertz CT molecular complexity index is 542. The lowest BCUT2D eigenvalue weighted by Crippen LogP contribution is -2.35. The molecule has 0 aromatic heterocycles. The number of rotatable bonds is 8. The highest BCUT2D eigenvalue weighted by molar-refractivity contribution is 5.76. The van der Waals surface area contributed by atoms with Crippen molar-refractivity contribution in [1.82, 2.24) is 10.2 Å². The minimum atomic E-state index is 0.226. The summed E-state index contributed by atoms with van der Waals surface area (Å²) in [7, 11) is 0. The number of nitrogens with one attached hydrogen (secondary N) is 1. The third-order valence-corrected chi connectivity index (χ3v) is 5.99. The molecule has 0 saturated carbocycles. The van der Waals surface area contributed by atoms with E-state index in [1.54, 1.807) is 0 Å². The average Bonchev–Trinajstić information content (AvgIpc) is 3.16. The highest BCUT2D eigenvalue weighted by Crippen LogP contribution is 2.26. The van der Waals surface area contributed by atoms with Gasteiger partial charge in [-0.05, 0) is 62.6 Å². The lowest BCUT2D eigenvalue weighted by Gasteiger charge is -2.29. The molecule has 2 aliphatic heterocycles. The van der Waals surface area contributed by atoms with E-state index >= 15 is 0 Å². The molecule has 4 heteroatoms. The van der Waals surface area contributed by atoms with Crippen molar-refractivity contribution in [3.8, 4) is 0 Å². The zero-order valence-electron chi connectivity index (χ0n) is 16.2. The second-order valence-electron chi connectivity index (χ2n) is 7.98. The van der Waals surface area contributed by atoms with Gasteiger partial charge in [0, 0.05) is 26.1 Å². The highest BCUT2D eigenvalue weighted by Gasteiger charge is 2.29. The quantitative estimate of drug-likeness (QED) is 0.725. The molecule has 2 fully saturated rings. The van der Waals surface area contributed by atoms with E-state index in [2.05, 4.69) is 42.6 Å². The standard InChI is InChI=1S/C22H34N2O2/c1-18(20-9-12-23-13-10-20)16-22(25)24-14-11-21(17-24)26-15-5-8-19-6-3-2-4-7-19/h2-4,6-7,18,20-21,23H,5,8-17H2,1H3. The molecular formula is C22H34N2O2. The summed E-state index contributed by atoms with van der Waals surface area (Å²) >= 11 is 0. The first kappa shape index (κ1) is 19.4. The van der Waals surface area contributed by atoms with Gasteiger partial charge in [-0.3, -0.25) is 4.79 Å². The molecule has 3 rings (SSSR count). The normalized spacial score (nSPS) is 22.5. The Labute approximate surface area is 158 Å². The van der Waals surface area contributed by atoms with Crippen LogP contribution in [-0.4, -0.2) is 49.7 Å². The van der Waals surface area contributed by atoms with Crippen LogP contribution < -0.4 is 5.32 Å². The van der Waals surface area contributed by atoms with E-state index in [0.29, 0.717) is 24.2 Å². The van der Waals surface area contributed by atoms with Gasteiger partial charge in [0.2, 0.25) is 5.91 Å². The number of ether oxygens (including phenoxy) is 1. The van der Waals surface area contributed by atoms with E-state index in [1.165, 1.54) is 18.4 Å². The third kappa shape index (κ3) is 5.82. The fraction of sp³-hybridized carbons (Fsp3) is 0.682. The smallest absolute Gasteiger partial charge is 0.222 e. The minimum Gasteiger partial charge on any atom is -0.376 e. The minimum absolute atomic E-state index is 0.226. The Kier molecular flexibility index (Phi) is 7.51. The first-order valence-corrected chi connectivity index (χ1v) is 10.4. The lowest BCUT2D eigenvalue weighted by atomic mass is 9.84. The molecule has 1 amide bonds. The summed E-state index contributed by atoms with van der Waals surface area (Å²) in [5.74, 6) is 1.52. The molecule has 4 nitrogen and oxygen atoms in total. The summed E-state index contributed by atoms with van der Waals surface area (Å²) in [4.78, 5) is 14.6. The van der Waals surface area contributed by atoms with E-state index < -0.39 is 0 Å². The van der Waals surface area contributed by atoms with E-state index in [9.17, 15) is 4.79 Å². The first-order chi connectivity index (χ1) is 12.7. The van der Waals surface area contributed by atoms with Crippen molar-refractivity contribution in [2.24, 2.45) is 11.8 Å². The molecule has 1 aromatic carbocycles. The van der Waals surface area contributed by atoms with Crippen molar-refractivity contribution in [2.75, 3.05) is 32.8 Å². The molecule has 0 spiro atoms. The summed E-state index contributed by atoms with van der Waals surface area (Å²) in [6.45, 7) is 6.89. The first-order valence-electron chi connectivity index (χ1n) is 10.4. The molecule has 0 bridgehead atoms. The van der Waals surface area contributed by atoms with Gasteiger partial charge in [0.15, 0.2) is 0 Å². The number of likely N-dealkylation sites (tertiary alicyclic amines) is 1. The number of amides is 1. The molecule has 144 valence electrons. The highest BCUT2D eigenvalue weighted by atomic mass is 16.5. The summed E-state index contributed by atoms with van der Waals surface area (Å²) < 4.78 is 6.02. The predicted molar refractivity (Wildman–Crippen MR) is 105 cm³/mol. The van der Waals surface area contributed by atoms with Crippen molar-refractivity contribution < 1.29 is 9.53 Å². The zero-order chi connectivity index (χ0) is 18.2. The van der Waals surface area contributed by atoms with Gasteiger partial charge >= 0.3 is 0 Å². The van der Waals surface area contributed by atoms with Gasteiger partial charge in [-0.15, -0.1) is 0 Å². The van der Waals surface area contributed by atoms with Gasteiger partial charge < -0.3 is 15.0 Å². The number of benzene rings is 1. The zero-order valence-corrected chi connectivity index (χ0v) is 16.2. The number of carbonyl (C=O) groups excluding carboxylic acids is 1. The van der Waals surface area contributed by atoms with E-state index in [1.807, 2.05) is 4.90 Å². The van der Waals surface area contributed by atoms with Crippen LogP contribution in [0.4, 0.5) is 0 Å². The van der Waals surface area contributed by atoms with Crippen molar-refractivity contribution in [3.05, 3.63) is 35.9 Å². The van der Waals surface area contributed by atoms with Crippen molar-refractivity contribution in [2.45, 2.75) is 51.6 Å². The number of carbonyl (C=O) groups is 1. The summed E-state index contributed by atoms with van der Waals surface area (Å²) in [5.41, 5.74) is 1.37. The van der Waals surface area contributed by atoms with Gasteiger partial charge in [0.1, 0.15) is 0 Å². The van der Waals surface area contributed by atoms with Crippen molar-refractivity contribution >= 4 is 5.91 Å². The SMILES string of the molecule is CC(CC(=O)N1CCC(OCCCc2ccccc2)C1)C1CCNCC1. The maximum absolute atomic E-state index is 12.6. The Morgan fingerprint density at radius 3 is 2.77 bits per heavy atom. The Morgan fingerprint density at radius 1 is 1.23 bits per heavy atom. The van der Waals surface area contributed by atoms with Crippen LogP contribution in [0.3, 0.4) is 0 Å². The lowest BCUT2D eigenvalue weighted by molar-refractivity contribution is -0.132. The summed E-state index contributed by atoms with van der Waals surface area (Å²) in [5, 5.41) is 3.41. The van der Waals surface area contributed by atoms with E-state index in [-0.39, 0.29) is 6.10 Å². The number of nitrogens with zero attached hydrogens (tertiary/aromatic N) is 1. The Hall–Kier alpha value is -1.39. The second kappa shape index (κ2) is 10.1. The van der Waals surface area contributed by atoms with Crippen LogP contribution >= 0.6 is 0 Å². The van der Waals surface area contributed by atoms with Gasteiger partial charge in [-0.1, -0.05) is 37.3 Å². The van der Waals surface area contributed by atoms with Gasteiger partial charge in [-0.25, -0.2) is 0 Å². The van der Waals surface area contributed by atoms with Crippen LogP contribution in [0.15, 0.2) is 30.3 Å². The topological polar surface area (TPSA) is 41.6 Å². The summed E-state index contributed by atoms with van der Waals surface area (Å²) in [6.07, 6.45) is 6.43. The van der Waals surface area contributed by atoms with Crippen molar-refractivity contribution in [1.29, 1.82) is 0 Å². The molecular weight excluding hydrogens is 324 g/mol. The number of aryl methyl sites for hydroxylation is 1. The maximum atomic E-state index is 12.6. The predicted octanol–water partition coefficient (Wildman–Crippen LogP) is 3.26. The van der Waals surface area contributed by atoms with Crippen LogP contribution in [-0.2, 0) is 16.0 Å². The molecule has 0 aliphatic carbocycles. The third-order valence-electron chi connectivity index (χ3n) is 5.99. The van der Waals surface area contributed by atoms with Crippen LogP contribution in [0, 0.1) is 11.8 Å². The van der Waals surface area contributed by atoms with E-state index in [4.69, 9.17) is 4.74 Å². The molecule has 2 atom stereocenters. The van der Waals surface area contributed by atoms with Crippen LogP contribution in [0.1, 0.15) is 44.6 Å².